The molecule has 24 heavy (non-hydrogen) atoms. The molecule has 0 aliphatic heterocycles. The highest BCUT2D eigenvalue weighted by molar-refractivity contribution is 5.95. The summed E-state index contributed by atoms with van der Waals surface area (Å²) in [5.74, 6) is 0.833. The zero-order valence-corrected chi connectivity index (χ0v) is 16.2. The number of unbranched alkanes of at least 4 members (excludes halogenated alkanes) is 2. The van der Waals surface area contributed by atoms with E-state index in [9.17, 15) is 4.79 Å². The Morgan fingerprint density at radius 2 is 1.83 bits per heavy atom. The van der Waals surface area contributed by atoms with E-state index in [1.807, 2.05) is 13.0 Å². The van der Waals surface area contributed by atoms with E-state index >= 15 is 0 Å². The number of hydrogen-bond acceptors (Lipinski definition) is 2. The van der Waals surface area contributed by atoms with Crippen molar-refractivity contribution in [2.75, 3.05) is 0 Å². The molecule has 0 radical (unpaired) electrons. The zero-order valence-electron chi connectivity index (χ0n) is 16.2. The molecule has 2 unspecified atom stereocenters. The second-order valence-corrected chi connectivity index (χ2v) is 7.31. The summed E-state index contributed by atoms with van der Waals surface area (Å²) in [7, 11) is 0. The second kappa shape index (κ2) is 11.4. The summed E-state index contributed by atoms with van der Waals surface area (Å²) in [6, 6.07) is 6.61. The van der Waals surface area contributed by atoms with Crippen molar-refractivity contribution in [2.24, 2.45) is 11.7 Å². The lowest BCUT2D eigenvalue weighted by atomic mass is 9.81. The van der Waals surface area contributed by atoms with Crippen LogP contribution in [0, 0.1) is 12.8 Å². The smallest absolute Gasteiger partial charge is 0.160 e. The number of rotatable bonds is 6. The molecule has 2 rings (SSSR count). The first-order valence-corrected chi connectivity index (χ1v) is 9.85. The number of Topliss-reactive ketones (excluding diaryl/α,β-unsaturated/α-hetero) is 1. The molecule has 1 fully saturated rings. The Morgan fingerprint density at radius 3 is 2.33 bits per heavy atom. The van der Waals surface area contributed by atoms with Crippen LogP contribution < -0.4 is 5.73 Å². The Labute approximate surface area is 149 Å². The Bertz CT molecular complexity index is 493. The van der Waals surface area contributed by atoms with Gasteiger partial charge in [0.15, 0.2) is 5.78 Å². The summed E-state index contributed by atoms with van der Waals surface area (Å²) in [5, 5.41) is 0. The average molecular weight is 332 g/mol. The molecule has 136 valence electrons. The van der Waals surface area contributed by atoms with Gasteiger partial charge >= 0.3 is 0 Å². The second-order valence-electron chi connectivity index (χ2n) is 7.31. The van der Waals surface area contributed by atoms with Gasteiger partial charge in [0.05, 0.1) is 0 Å². The van der Waals surface area contributed by atoms with Crippen LogP contribution in [0.1, 0.15) is 93.6 Å². The predicted octanol–water partition coefficient (Wildman–Crippen LogP) is 5.84. The van der Waals surface area contributed by atoms with Crippen LogP contribution in [0.5, 0.6) is 0 Å². The first kappa shape index (κ1) is 20.9. The summed E-state index contributed by atoms with van der Waals surface area (Å²) in [6.45, 7) is 8.07. The topological polar surface area (TPSA) is 43.1 Å². The summed E-state index contributed by atoms with van der Waals surface area (Å²) in [5.41, 5.74) is 9.47. The highest BCUT2D eigenvalue weighted by Gasteiger charge is 2.21. The molecule has 0 aromatic heterocycles. The molecule has 0 saturated heterocycles. The molecule has 1 aromatic rings. The van der Waals surface area contributed by atoms with Crippen molar-refractivity contribution in [3.05, 3.63) is 34.9 Å². The van der Waals surface area contributed by atoms with Gasteiger partial charge in [-0.25, -0.2) is 0 Å². The van der Waals surface area contributed by atoms with E-state index in [1.165, 1.54) is 56.9 Å². The number of carbonyl (C=O) groups excluding carboxylic acids is 1. The molecule has 2 atom stereocenters. The fraction of sp³-hybridized carbons (Fsp3) is 0.682. The van der Waals surface area contributed by atoms with Gasteiger partial charge in [0.1, 0.15) is 0 Å². The summed E-state index contributed by atoms with van der Waals surface area (Å²) < 4.78 is 0. The van der Waals surface area contributed by atoms with Gasteiger partial charge in [-0.2, -0.15) is 0 Å². The molecule has 0 bridgehead atoms. The summed E-state index contributed by atoms with van der Waals surface area (Å²) in [6.07, 6.45) is 11.4. The molecule has 1 saturated carbocycles. The third-order valence-electron chi connectivity index (χ3n) is 5.15. The molecular formula is C22H37NO. The maximum absolute atomic E-state index is 11.4. The number of benzene rings is 1. The third-order valence-corrected chi connectivity index (χ3v) is 5.15. The standard InChI is InChI=1S/C17H25NO.C5H12/c1-12-11-14(8-10-16(12)13(2)19)7-9-15-5-3-4-6-17(15)18;1-3-5-4-2/h8,10-11,15,17H,3-7,9,18H2,1-2H3;3-5H2,1-2H3. The number of ketones is 1. The molecule has 1 aliphatic carbocycles. The van der Waals surface area contributed by atoms with Crippen molar-refractivity contribution in [3.8, 4) is 0 Å². The van der Waals surface area contributed by atoms with Crippen molar-refractivity contribution < 1.29 is 4.79 Å². The van der Waals surface area contributed by atoms with Gasteiger partial charge in [-0.3, -0.25) is 4.79 Å². The van der Waals surface area contributed by atoms with E-state index in [2.05, 4.69) is 26.0 Å². The molecular weight excluding hydrogens is 294 g/mol. The Hall–Kier alpha value is -1.15. The SMILES string of the molecule is CC(=O)c1ccc(CCC2CCCCC2N)cc1C.CCCCC. The molecule has 1 aliphatic rings. The van der Waals surface area contributed by atoms with Crippen molar-refractivity contribution in [3.63, 3.8) is 0 Å². The lowest BCUT2D eigenvalue weighted by molar-refractivity contribution is 0.101. The largest absolute Gasteiger partial charge is 0.327 e. The quantitative estimate of drug-likeness (QED) is 0.665. The molecule has 1 aromatic carbocycles. The van der Waals surface area contributed by atoms with E-state index in [-0.39, 0.29) is 5.78 Å². The van der Waals surface area contributed by atoms with Crippen LogP contribution in [0.25, 0.3) is 0 Å². The number of nitrogens with two attached hydrogens (primary N) is 1. The normalized spacial score (nSPS) is 20.2. The average Bonchev–Trinajstić information content (AvgIpc) is 2.55. The highest BCUT2D eigenvalue weighted by Crippen LogP contribution is 2.27. The monoisotopic (exact) mass is 331 g/mol. The predicted molar refractivity (Wildman–Crippen MR) is 105 cm³/mol. The van der Waals surface area contributed by atoms with E-state index < -0.39 is 0 Å². The molecule has 2 heteroatoms. The number of aryl methyl sites for hydroxylation is 2. The van der Waals surface area contributed by atoms with Gasteiger partial charge < -0.3 is 5.73 Å². The van der Waals surface area contributed by atoms with Crippen molar-refractivity contribution in [1.29, 1.82) is 0 Å². The van der Waals surface area contributed by atoms with Gasteiger partial charge in [-0.1, -0.05) is 64.2 Å². The minimum absolute atomic E-state index is 0.151. The van der Waals surface area contributed by atoms with Gasteiger partial charge in [0.2, 0.25) is 0 Å². The van der Waals surface area contributed by atoms with E-state index in [4.69, 9.17) is 5.73 Å². The maximum Gasteiger partial charge on any atom is 0.160 e. The van der Waals surface area contributed by atoms with Crippen LogP contribution in [0.4, 0.5) is 0 Å². The molecule has 0 heterocycles. The Kier molecular flexibility index (Phi) is 9.94. The molecule has 0 spiro atoms. The molecule has 2 N–H and O–H groups in total. The zero-order chi connectivity index (χ0) is 17.9. The maximum atomic E-state index is 11.4. The lowest BCUT2D eigenvalue weighted by Crippen LogP contribution is -2.33. The van der Waals surface area contributed by atoms with E-state index in [1.54, 1.807) is 6.92 Å². The van der Waals surface area contributed by atoms with E-state index in [0.29, 0.717) is 12.0 Å². The Balaban J connectivity index is 0.000000505. The van der Waals surface area contributed by atoms with Gasteiger partial charge in [0, 0.05) is 11.6 Å². The summed E-state index contributed by atoms with van der Waals surface area (Å²) in [4.78, 5) is 11.4. The van der Waals surface area contributed by atoms with Crippen molar-refractivity contribution in [2.45, 2.75) is 91.5 Å². The van der Waals surface area contributed by atoms with Gasteiger partial charge in [0.25, 0.3) is 0 Å². The van der Waals surface area contributed by atoms with E-state index in [0.717, 1.165) is 17.5 Å². The molecule has 2 nitrogen and oxygen atoms in total. The fourth-order valence-electron chi connectivity index (χ4n) is 3.58. The van der Waals surface area contributed by atoms with Crippen molar-refractivity contribution >= 4 is 5.78 Å². The number of carbonyl (C=O) groups is 1. The molecule has 0 amide bonds. The van der Waals surface area contributed by atoms with Crippen LogP contribution in [0.2, 0.25) is 0 Å². The van der Waals surface area contributed by atoms with Gasteiger partial charge in [-0.15, -0.1) is 0 Å². The van der Waals surface area contributed by atoms with Crippen molar-refractivity contribution in [1.82, 2.24) is 0 Å². The highest BCUT2D eigenvalue weighted by atomic mass is 16.1. The van der Waals surface area contributed by atoms with Crippen LogP contribution in [0.15, 0.2) is 18.2 Å². The Morgan fingerprint density at radius 1 is 1.17 bits per heavy atom. The lowest BCUT2D eigenvalue weighted by Gasteiger charge is -2.28. The minimum Gasteiger partial charge on any atom is -0.327 e. The van der Waals surface area contributed by atoms with Gasteiger partial charge in [-0.05, 0) is 56.6 Å². The van der Waals surface area contributed by atoms with Crippen LogP contribution in [-0.4, -0.2) is 11.8 Å². The summed E-state index contributed by atoms with van der Waals surface area (Å²) >= 11 is 0. The van der Waals surface area contributed by atoms with Crippen LogP contribution in [0.3, 0.4) is 0 Å². The fourth-order valence-corrected chi connectivity index (χ4v) is 3.58. The van der Waals surface area contributed by atoms with Crippen LogP contribution >= 0.6 is 0 Å². The first-order chi connectivity index (χ1) is 11.5. The minimum atomic E-state index is 0.151. The first-order valence-electron chi connectivity index (χ1n) is 9.85. The number of hydrogen-bond donors (Lipinski definition) is 1. The van der Waals surface area contributed by atoms with Crippen LogP contribution in [-0.2, 0) is 6.42 Å². The third kappa shape index (κ3) is 7.17.